The summed E-state index contributed by atoms with van der Waals surface area (Å²) in [6, 6.07) is 13.7. The van der Waals surface area contributed by atoms with E-state index in [2.05, 4.69) is 15.0 Å². The van der Waals surface area contributed by atoms with Crippen molar-refractivity contribution in [3.05, 3.63) is 79.1 Å². The Hall–Kier alpha value is -3.74. The fourth-order valence-corrected chi connectivity index (χ4v) is 3.70. The van der Waals surface area contributed by atoms with Gasteiger partial charge < -0.3 is 13.9 Å². The van der Waals surface area contributed by atoms with Crippen molar-refractivity contribution >= 4 is 5.91 Å². The van der Waals surface area contributed by atoms with Crippen molar-refractivity contribution < 1.29 is 9.21 Å². The summed E-state index contributed by atoms with van der Waals surface area (Å²) in [5, 5.41) is 0. The maximum atomic E-state index is 12.6. The van der Waals surface area contributed by atoms with E-state index in [9.17, 15) is 4.79 Å². The molecule has 0 saturated carbocycles. The molecular formula is C22H19N5O2. The van der Waals surface area contributed by atoms with Crippen LogP contribution in [0.4, 0.5) is 0 Å². The van der Waals surface area contributed by atoms with Crippen LogP contribution in [0.15, 0.2) is 77.9 Å². The normalized spacial score (nSPS) is 16.5. The highest BCUT2D eigenvalue weighted by molar-refractivity contribution is 5.79. The molecule has 4 aromatic rings. The van der Waals surface area contributed by atoms with Crippen molar-refractivity contribution in [3.63, 3.8) is 0 Å². The molecule has 0 spiro atoms. The van der Waals surface area contributed by atoms with Crippen LogP contribution in [-0.4, -0.2) is 36.9 Å². The Morgan fingerprint density at radius 1 is 1.03 bits per heavy atom. The van der Waals surface area contributed by atoms with E-state index in [1.807, 2.05) is 52.1 Å². The van der Waals surface area contributed by atoms with Crippen LogP contribution in [0.2, 0.25) is 0 Å². The van der Waals surface area contributed by atoms with Gasteiger partial charge in [-0.1, -0.05) is 30.3 Å². The monoisotopic (exact) mass is 385 g/mol. The number of imidazole rings is 1. The molecule has 7 heteroatoms. The number of hydrogen-bond donors (Lipinski definition) is 0. The highest BCUT2D eigenvalue weighted by atomic mass is 16.3. The molecule has 0 radical (unpaired) electrons. The van der Waals surface area contributed by atoms with E-state index in [1.54, 1.807) is 30.9 Å². The number of furan rings is 1. The lowest BCUT2D eigenvalue weighted by Gasteiger charge is -2.18. The van der Waals surface area contributed by atoms with Crippen LogP contribution in [0, 0.1) is 0 Å². The minimum Gasteiger partial charge on any atom is -0.461 e. The number of benzene rings is 1. The predicted octanol–water partition coefficient (Wildman–Crippen LogP) is 3.57. The fraction of sp³-hybridized carbons (Fsp3) is 0.182. The molecule has 0 N–H and O–H groups in total. The Morgan fingerprint density at radius 3 is 2.62 bits per heavy atom. The number of carbonyl (C=O) groups excluding carboxylic acids is 1. The smallest absolute Gasteiger partial charge is 0.225 e. The first kappa shape index (κ1) is 17.4. The number of hydrogen-bond acceptors (Lipinski definition) is 5. The number of nitrogens with zero attached hydrogens (tertiary/aromatic N) is 5. The number of likely N-dealkylation sites (tertiary alicyclic amines) is 1. The number of carbonyl (C=O) groups is 1. The van der Waals surface area contributed by atoms with Gasteiger partial charge in [0, 0.05) is 44.3 Å². The first-order valence-corrected chi connectivity index (χ1v) is 9.49. The Labute approximate surface area is 167 Å². The Kier molecular flexibility index (Phi) is 4.40. The van der Waals surface area contributed by atoms with Crippen LogP contribution in [0.5, 0.6) is 0 Å². The summed E-state index contributed by atoms with van der Waals surface area (Å²) in [6.45, 7) is 1.28. The van der Waals surface area contributed by atoms with Crippen molar-refractivity contribution in [2.45, 2.75) is 19.0 Å². The third-order valence-electron chi connectivity index (χ3n) is 5.12. The van der Waals surface area contributed by atoms with Crippen molar-refractivity contribution in [2.75, 3.05) is 6.54 Å². The highest BCUT2D eigenvalue weighted by Gasteiger charge is 2.32. The lowest BCUT2D eigenvalue weighted by molar-refractivity contribution is -0.128. The second kappa shape index (κ2) is 7.35. The SMILES string of the molecule is O=C1CC(n2ccnc2-c2cnc(-c3ccco3)nc2)CN1Cc1ccccc1. The Balaban J connectivity index is 1.36. The average molecular weight is 385 g/mol. The second-order valence-corrected chi connectivity index (χ2v) is 7.05. The summed E-state index contributed by atoms with van der Waals surface area (Å²) >= 11 is 0. The zero-order valence-corrected chi connectivity index (χ0v) is 15.7. The largest absolute Gasteiger partial charge is 0.461 e. The summed E-state index contributed by atoms with van der Waals surface area (Å²) < 4.78 is 7.39. The van der Waals surface area contributed by atoms with Crippen LogP contribution in [-0.2, 0) is 11.3 Å². The van der Waals surface area contributed by atoms with Crippen LogP contribution < -0.4 is 0 Å². The van der Waals surface area contributed by atoms with Crippen LogP contribution in [0.25, 0.3) is 23.0 Å². The van der Waals surface area contributed by atoms with Gasteiger partial charge in [-0.05, 0) is 17.7 Å². The molecule has 1 atom stereocenters. The molecule has 0 aliphatic carbocycles. The van der Waals surface area contributed by atoms with Crippen LogP contribution in [0.1, 0.15) is 18.0 Å². The molecule has 5 rings (SSSR count). The molecule has 1 amide bonds. The van der Waals surface area contributed by atoms with Gasteiger partial charge in [0.1, 0.15) is 5.82 Å². The number of amides is 1. The highest BCUT2D eigenvalue weighted by Crippen LogP contribution is 2.29. The summed E-state index contributed by atoms with van der Waals surface area (Å²) in [6.07, 6.45) is 9.20. The molecular weight excluding hydrogens is 366 g/mol. The van der Waals surface area contributed by atoms with Crippen LogP contribution in [0.3, 0.4) is 0 Å². The Bertz CT molecular complexity index is 1100. The lowest BCUT2D eigenvalue weighted by atomic mass is 10.2. The second-order valence-electron chi connectivity index (χ2n) is 7.05. The first-order chi connectivity index (χ1) is 14.3. The molecule has 1 aromatic carbocycles. The third-order valence-corrected chi connectivity index (χ3v) is 5.12. The van der Waals surface area contributed by atoms with Gasteiger partial charge in [0.15, 0.2) is 11.6 Å². The molecule has 3 aromatic heterocycles. The average Bonchev–Trinajstić information content (AvgIpc) is 3.51. The van der Waals surface area contributed by atoms with Gasteiger partial charge in [0.2, 0.25) is 5.91 Å². The number of rotatable bonds is 5. The first-order valence-electron chi connectivity index (χ1n) is 9.49. The molecule has 1 fully saturated rings. The molecule has 7 nitrogen and oxygen atoms in total. The maximum absolute atomic E-state index is 12.6. The maximum Gasteiger partial charge on any atom is 0.225 e. The van der Waals surface area contributed by atoms with Crippen molar-refractivity contribution in [1.82, 2.24) is 24.4 Å². The van der Waals surface area contributed by atoms with E-state index < -0.39 is 0 Å². The summed E-state index contributed by atoms with van der Waals surface area (Å²) in [5.74, 6) is 2.07. The zero-order chi connectivity index (χ0) is 19.6. The van der Waals surface area contributed by atoms with E-state index in [0.717, 1.165) is 17.0 Å². The van der Waals surface area contributed by atoms with Gasteiger partial charge in [-0.2, -0.15) is 0 Å². The van der Waals surface area contributed by atoms with Crippen LogP contribution >= 0.6 is 0 Å². The molecule has 29 heavy (non-hydrogen) atoms. The molecule has 1 aliphatic rings. The predicted molar refractivity (Wildman–Crippen MR) is 106 cm³/mol. The van der Waals surface area contributed by atoms with Crippen molar-refractivity contribution in [2.24, 2.45) is 0 Å². The topological polar surface area (TPSA) is 77.0 Å². The minimum atomic E-state index is 0.0356. The van der Waals surface area contributed by atoms with E-state index in [-0.39, 0.29) is 11.9 Å². The van der Waals surface area contributed by atoms with E-state index >= 15 is 0 Å². The summed E-state index contributed by atoms with van der Waals surface area (Å²) in [4.78, 5) is 27.7. The standard InChI is InChI=1S/C22H19N5O2/c28-20-11-18(15-26(20)14-16-5-2-1-3-6-16)27-9-8-23-22(27)17-12-24-21(25-13-17)19-7-4-10-29-19/h1-10,12-13,18H,11,14-15H2. The van der Waals surface area contributed by atoms with E-state index in [0.29, 0.717) is 31.1 Å². The van der Waals surface area contributed by atoms with Gasteiger partial charge in [-0.15, -0.1) is 0 Å². The van der Waals surface area contributed by atoms with Gasteiger partial charge in [0.25, 0.3) is 0 Å². The summed E-state index contributed by atoms with van der Waals surface area (Å²) in [5.41, 5.74) is 1.94. The van der Waals surface area contributed by atoms with Gasteiger partial charge in [-0.3, -0.25) is 4.79 Å². The molecule has 4 heterocycles. The lowest BCUT2D eigenvalue weighted by Crippen LogP contribution is -2.25. The van der Waals surface area contributed by atoms with E-state index in [1.165, 1.54) is 0 Å². The summed E-state index contributed by atoms with van der Waals surface area (Å²) in [7, 11) is 0. The van der Waals surface area contributed by atoms with Crippen molar-refractivity contribution in [1.29, 1.82) is 0 Å². The van der Waals surface area contributed by atoms with Gasteiger partial charge in [-0.25, -0.2) is 15.0 Å². The molecule has 1 aliphatic heterocycles. The van der Waals surface area contributed by atoms with Gasteiger partial charge >= 0.3 is 0 Å². The molecule has 0 bridgehead atoms. The van der Waals surface area contributed by atoms with E-state index in [4.69, 9.17) is 4.42 Å². The third kappa shape index (κ3) is 3.42. The molecule has 1 saturated heterocycles. The fourth-order valence-electron chi connectivity index (χ4n) is 3.70. The van der Waals surface area contributed by atoms with Gasteiger partial charge in [0.05, 0.1) is 17.9 Å². The zero-order valence-electron chi connectivity index (χ0n) is 15.7. The molecule has 144 valence electrons. The Morgan fingerprint density at radius 2 is 1.86 bits per heavy atom. The molecule has 1 unspecified atom stereocenters. The van der Waals surface area contributed by atoms with Crippen molar-refractivity contribution in [3.8, 4) is 23.0 Å². The number of aromatic nitrogens is 4. The minimum absolute atomic E-state index is 0.0356. The quantitative estimate of drug-likeness (QED) is 0.525.